The van der Waals surface area contributed by atoms with Gasteiger partial charge >= 0.3 is 0 Å². The van der Waals surface area contributed by atoms with Crippen molar-refractivity contribution in [3.8, 4) is 5.75 Å². The standard InChI is InChI=1S/C23H24FN5O3/c1-32-19-8-3-2-7-18(19)27-9-11-28(12-10-27)23(31)15-13-20(30)29(14-15)22-21-16(24)5-4-6-17(21)25-26-22/h2-8,15H,9-14H2,1H3,(H,25,26)/t15-/m1/s1. The van der Waals surface area contributed by atoms with Gasteiger partial charge in [0.2, 0.25) is 11.8 Å². The van der Waals surface area contributed by atoms with Gasteiger partial charge in [0.05, 0.1) is 29.6 Å². The van der Waals surface area contributed by atoms with Gasteiger partial charge in [0, 0.05) is 39.1 Å². The molecule has 2 saturated heterocycles. The van der Waals surface area contributed by atoms with E-state index >= 15 is 0 Å². The zero-order chi connectivity index (χ0) is 22.2. The second-order valence-corrected chi connectivity index (χ2v) is 8.10. The summed E-state index contributed by atoms with van der Waals surface area (Å²) in [6, 6.07) is 12.5. The molecule has 0 bridgehead atoms. The molecule has 2 amide bonds. The van der Waals surface area contributed by atoms with Crippen LogP contribution in [0, 0.1) is 11.7 Å². The normalized spacial score (nSPS) is 19.1. The Balaban J connectivity index is 1.27. The highest BCUT2D eigenvalue weighted by Crippen LogP contribution is 2.33. The highest BCUT2D eigenvalue weighted by Gasteiger charge is 2.39. The second-order valence-electron chi connectivity index (χ2n) is 8.10. The maximum absolute atomic E-state index is 14.4. The van der Waals surface area contributed by atoms with Gasteiger partial charge in [-0.05, 0) is 24.3 Å². The smallest absolute Gasteiger partial charge is 0.229 e. The summed E-state index contributed by atoms with van der Waals surface area (Å²) in [6.45, 7) is 2.72. The van der Waals surface area contributed by atoms with Gasteiger partial charge in [-0.25, -0.2) is 4.39 Å². The zero-order valence-electron chi connectivity index (χ0n) is 17.8. The molecule has 0 unspecified atom stereocenters. The largest absolute Gasteiger partial charge is 0.495 e. The molecule has 166 valence electrons. The number of aromatic amines is 1. The first-order valence-corrected chi connectivity index (χ1v) is 10.7. The molecule has 0 radical (unpaired) electrons. The fraction of sp³-hybridized carbons (Fsp3) is 0.348. The Morgan fingerprint density at radius 1 is 1.12 bits per heavy atom. The van der Waals surface area contributed by atoms with Crippen LogP contribution in [0.5, 0.6) is 5.75 Å². The number of rotatable bonds is 4. The average Bonchev–Trinajstić information content (AvgIpc) is 3.43. The first-order valence-electron chi connectivity index (χ1n) is 10.7. The van der Waals surface area contributed by atoms with E-state index in [2.05, 4.69) is 15.1 Å². The molecule has 32 heavy (non-hydrogen) atoms. The van der Waals surface area contributed by atoms with Crippen LogP contribution in [-0.4, -0.2) is 66.7 Å². The summed E-state index contributed by atoms with van der Waals surface area (Å²) in [6.07, 6.45) is 0.106. The zero-order valence-corrected chi connectivity index (χ0v) is 17.8. The van der Waals surface area contributed by atoms with E-state index in [-0.39, 0.29) is 36.0 Å². The number of amides is 2. The van der Waals surface area contributed by atoms with Crippen molar-refractivity contribution < 1.29 is 18.7 Å². The Morgan fingerprint density at radius 2 is 1.91 bits per heavy atom. The fourth-order valence-corrected chi connectivity index (χ4v) is 4.60. The van der Waals surface area contributed by atoms with Crippen LogP contribution in [0.25, 0.3) is 10.9 Å². The number of nitrogens with one attached hydrogen (secondary N) is 1. The third-order valence-corrected chi connectivity index (χ3v) is 6.27. The summed E-state index contributed by atoms with van der Waals surface area (Å²) in [4.78, 5) is 31.3. The number of anilines is 2. The molecule has 0 spiro atoms. The summed E-state index contributed by atoms with van der Waals surface area (Å²) in [5.74, 6) is -0.101. The number of methoxy groups -OCH3 is 1. The second kappa shape index (κ2) is 8.14. The van der Waals surface area contributed by atoms with Gasteiger partial charge < -0.3 is 14.5 Å². The van der Waals surface area contributed by atoms with Crippen LogP contribution in [0.3, 0.4) is 0 Å². The number of fused-ring (bicyclic) bond motifs is 1. The number of benzene rings is 2. The van der Waals surface area contributed by atoms with E-state index in [1.54, 1.807) is 19.2 Å². The lowest BCUT2D eigenvalue weighted by molar-refractivity contribution is -0.136. The number of ether oxygens (including phenoxy) is 1. The molecule has 2 aromatic carbocycles. The maximum atomic E-state index is 14.4. The Labute approximate surface area is 184 Å². The lowest BCUT2D eigenvalue weighted by Gasteiger charge is -2.37. The van der Waals surface area contributed by atoms with E-state index in [0.29, 0.717) is 31.7 Å². The number of para-hydroxylation sites is 2. The molecule has 0 aliphatic carbocycles. The quantitative estimate of drug-likeness (QED) is 0.678. The minimum atomic E-state index is -0.459. The highest BCUT2D eigenvalue weighted by atomic mass is 19.1. The first-order chi connectivity index (χ1) is 15.6. The van der Waals surface area contributed by atoms with Gasteiger partial charge in [-0.1, -0.05) is 18.2 Å². The number of hydrogen-bond acceptors (Lipinski definition) is 5. The molecule has 2 aliphatic rings. The monoisotopic (exact) mass is 437 g/mol. The Bertz CT molecular complexity index is 1170. The molecule has 0 saturated carbocycles. The molecule has 9 heteroatoms. The average molecular weight is 437 g/mol. The third-order valence-electron chi connectivity index (χ3n) is 6.27. The van der Waals surface area contributed by atoms with Crippen LogP contribution in [0.1, 0.15) is 6.42 Å². The van der Waals surface area contributed by atoms with Crippen LogP contribution in [0.15, 0.2) is 42.5 Å². The minimum Gasteiger partial charge on any atom is -0.495 e. The van der Waals surface area contributed by atoms with Gasteiger partial charge in [-0.3, -0.25) is 19.6 Å². The van der Waals surface area contributed by atoms with E-state index in [4.69, 9.17) is 4.74 Å². The number of halogens is 1. The Morgan fingerprint density at radius 3 is 2.69 bits per heavy atom. The lowest BCUT2D eigenvalue weighted by atomic mass is 10.1. The highest BCUT2D eigenvalue weighted by molar-refractivity contribution is 6.05. The van der Waals surface area contributed by atoms with E-state index in [1.807, 2.05) is 29.2 Å². The molecular formula is C23H24FN5O3. The van der Waals surface area contributed by atoms with Crippen molar-refractivity contribution in [1.82, 2.24) is 15.1 Å². The summed E-state index contributed by atoms with van der Waals surface area (Å²) >= 11 is 0. The molecule has 8 nitrogen and oxygen atoms in total. The van der Waals surface area contributed by atoms with Crippen LogP contribution in [0.2, 0.25) is 0 Å². The van der Waals surface area contributed by atoms with Crippen LogP contribution >= 0.6 is 0 Å². The Kier molecular flexibility index (Phi) is 5.16. The van der Waals surface area contributed by atoms with Crippen molar-refractivity contribution in [2.45, 2.75) is 6.42 Å². The van der Waals surface area contributed by atoms with Crippen molar-refractivity contribution in [3.05, 3.63) is 48.3 Å². The predicted molar refractivity (Wildman–Crippen MR) is 118 cm³/mol. The molecule has 2 aliphatic heterocycles. The molecule has 2 fully saturated rings. The summed E-state index contributed by atoms with van der Waals surface area (Å²) in [7, 11) is 1.65. The van der Waals surface area contributed by atoms with E-state index in [9.17, 15) is 14.0 Å². The molecule has 1 atom stereocenters. The summed E-state index contributed by atoms with van der Waals surface area (Å²) in [5, 5.41) is 7.20. The number of aromatic nitrogens is 2. The Hall–Kier alpha value is -3.62. The molecule has 5 rings (SSSR count). The van der Waals surface area contributed by atoms with Crippen molar-refractivity contribution in [2.24, 2.45) is 5.92 Å². The van der Waals surface area contributed by atoms with Crippen molar-refractivity contribution >= 4 is 34.2 Å². The van der Waals surface area contributed by atoms with Gasteiger partial charge in [0.15, 0.2) is 5.82 Å². The molecule has 1 N–H and O–H groups in total. The summed E-state index contributed by atoms with van der Waals surface area (Å²) in [5.41, 5.74) is 1.53. The van der Waals surface area contributed by atoms with Gasteiger partial charge in [-0.15, -0.1) is 0 Å². The molecule has 1 aromatic heterocycles. The van der Waals surface area contributed by atoms with E-state index in [1.165, 1.54) is 11.0 Å². The van der Waals surface area contributed by atoms with Gasteiger partial charge in [0.1, 0.15) is 11.6 Å². The number of nitrogens with zero attached hydrogens (tertiary/aromatic N) is 4. The first kappa shape index (κ1) is 20.3. The van der Waals surface area contributed by atoms with Crippen molar-refractivity contribution in [1.29, 1.82) is 0 Å². The molecule has 3 heterocycles. The SMILES string of the molecule is COc1ccccc1N1CCN(C(=O)[C@@H]2CC(=O)N(c3n[nH]c4cccc(F)c34)C2)CC1. The van der Waals surface area contributed by atoms with E-state index in [0.717, 1.165) is 11.4 Å². The number of carbonyl (C=O) groups is 2. The predicted octanol–water partition coefficient (Wildman–Crippen LogP) is 2.41. The number of piperazine rings is 1. The van der Waals surface area contributed by atoms with E-state index < -0.39 is 11.7 Å². The van der Waals surface area contributed by atoms with Gasteiger partial charge in [0.25, 0.3) is 0 Å². The topological polar surface area (TPSA) is 81.8 Å². The van der Waals surface area contributed by atoms with Crippen molar-refractivity contribution in [3.63, 3.8) is 0 Å². The van der Waals surface area contributed by atoms with Gasteiger partial charge in [-0.2, -0.15) is 5.10 Å². The number of hydrogen-bond donors (Lipinski definition) is 1. The van der Waals surface area contributed by atoms with Crippen LogP contribution < -0.4 is 14.5 Å². The fourth-order valence-electron chi connectivity index (χ4n) is 4.60. The molecule has 3 aromatic rings. The third kappa shape index (κ3) is 3.43. The van der Waals surface area contributed by atoms with Crippen molar-refractivity contribution in [2.75, 3.05) is 49.6 Å². The lowest BCUT2D eigenvalue weighted by Crippen LogP contribution is -2.50. The van der Waals surface area contributed by atoms with Crippen LogP contribution in [0.4, 0.5) is 15.9 Å². The minimum absolute atomic E-state index is 0.0409. The molecular weight excluding hydrogens is 413 g/mol. The van der Waals surface area contributed by atoms with Crippen LogP contribution in [-0.2, 0) is 9.59 Å². The number of H-pyrrole nitrogens is 1. The summed E-state index contributed by atoms with van der Waals surface area (Å²) < 4.78 is 19.8. The maximum Gasteiger partial charge on any atom is 0.229 e. The number of carbonyl (C=O) groups excluding carboxylic acids is 2.